The Balaban J connectivity index is 3.13. The summed E-state index contributed by atoms with van der Waals surface area (Å²) in [6.07, 6.45) is -2.65. The summed E-state index contributed by atoms with van der Waals surface area (Å²) in [6.45, 7) is 5.54. The first kappa shape index (κ1) is 13.2. The molecule has 0 aromatic rings. The van der Waals surface area contributed by atoms with Crippen molar-refractivity contribution in [3.63, 3.8) is 0 Å². The van der Waals surface area contributed by atoms with E-state index in [2.05, 4.69) is 6.58 Å². The molecule has 0 atom stereocenters. The lowest BCUT2D eigenvalue weighted by atomic mass is 10.1. The summed E-state index contributed by atoms with van der Waals surface area (Å²) in [6, 6.07) is 0. The number of allylic oxidation sites excluding steroid dienone is 2. The zero-order chi connectivity index (χ0) is 13.4. The molecule has 1 heterocycles. The molecule has 0 aromatic heterocycles. The summed E-state index contributed by atoms with van der Waals surface area (Å²) in [5.74, 6) is -1.54. The third kappa shape index (κ3) is 2.30. The van der Waals surface area contributed by atoms with Gasteiger partial charge in [0.15, 0.2) is 0 Å². The lowest BCUT2D eigenvalue weighted by molar-refractivity contribution is -0.135. The van der Waals surface area contributed by atoms with Crippen molar-refractivity contribution >= 4 is 11.8 Å². The van der Waals surface area contributed by atoms with Crippen LogP contribution in [-0.2, 0) is 9.59 Å². The van der Waals surface area contributed by atoms with Gasteiger partial charge in [-0.1, -0.05) is 12.7 Å². The molecule has 0 bridgehead atoms. The fourth-order valence-electron chi connectivity index (χ4n) is 1.40. The highest BCUT2D eigenvalue weighted by molar-refractivity contribution is 6.17. The summed E-state index contributed by atoms with van der Waals surface area (Å²) in [5, 5.41) is 0. The average molecular weight is 245 g/mol. The molecule has 2 amide bonds. The van der Waals surface area contributed by atoms with E-state index in [4.69, 9.17) is 0 Å². The van der Waals surface area contributed by atoms with Crippen LogP contribution in [0.1, 0.15) is 13.8 Å². The minimum Gasteiger partial charge on any atom is -0.269 e. The maximum Gasteiger partial charge on any atom is 0.417 e. The molecule has 0 unspecified atom stereocenters. The van der Waals surface area contributed by atoms with Crippen molar-refractivity contribution in [1.82, 2.24) is 4.90 Å². The standard InChI is InChI=1S/C11H10F3NO2/c1-4-8(7(3)11(12,13)14)15-9(16)5-6(2)10(15)17/h4-5H,3H2,1-2H3/b8-4+. The van der Waals surface area contributed by atoms with Crippen molar-refractivity contribution in [3.8, 4) is 0 Å². The Morgan fingerprint density at radius 2 is 1.94 bits per heavy atom. The third-order valence-corrected chi connectivity index (χ3v) is 2.27. The molecule has 0 aromatic carbocycles. The topological polar surface area (TPSA) is 37.4 Å². The Hall–Kier alpha value is -1.85. The molecule has 17 heavy (non-hydrogen) atoms. The van der Waals surface area contributed by atoms with Gasteiger partial charge in [0.2, 0.25) is 0 Å². The van der Waals surface area contributed by atoms with Crippen LogP contribution in [-0.4, -0.2) is 22.9 Å². The molecule has 92 valence electrons. The zero-order valence-electron chi connectivity index (χ0n) is 9.26. The van der Waals surface area contributed by atoms with Crippen LogP contribution >= 0.6 is 0 Å². The van der Waals surface area contributed by atoms with Crippen LogP contribution in [0.25, 0.3) is 0 Å². The van der Waals surface area contributed by atoms with Gasteiger partial charge in [0.25, 0.3) is 11.8 Å². The maximum absolute atomic E-state index is 12.5. The molecule has 0 radical (unpaired) electrons. The van der Waals surface area contributed by atoms with Gasteiger partial charge in [-0.05, 0) is 13.8 Å². The molecule has 6 heteroatoms. The number of hydrogen-bond donors (Lipinski definition) is 0. The minimum atomic E-state index is -4.68. The lowest BCUT2D eigenvalue weighted by Crippen LogP contribution is -2.33. The summed E-state index contributed by atoms with van der Waals surface area (Å²) < 4.78 is 37.5. The van der Waals surface area contributed by atoms with Gasteiger partial charge in [0.05, 0.1) is 11.3 Å². The number of carbonyl (C=O) groups excluding carboxylic acids is 2. The van der Waals surface area contributed by atoms with E-state index in [1.807, 2.05) is 0 Å². The van der Waals surface area contributed by atoms with Gasteiger partial charge in [-0.25, -0.2) is 4.90 Å². The van der Waals surface area contributed by atoms with Crippen LogP contribution in [0.4, 0.5) is 13.2 Å². The molecule has 0 saturated heterocycles. The molecule has 0 aliphatic carbocycles. The van der Waals surface area contributed by atoms with Crippen LogP contribution < -0.4 is 0 Å². The van der Waals surface area contributed by atoms with Crippen molar-refractivity contribution in [3.05, 3.63) is 35.6 Å². The predicted molar refractivity (Wildman–Crippen MR) is 54.6 cm³/mol. The Bertz CT molecular complexity index is 458. The number of imide groups is 1. The fraction of sp³-hybridized carbons (Fsp3) is 0.273. The first-order valence-electron chi connectivity index (χ1n) is 4.69. The number of hydrogen-bond acceptors (Lipinski definition) is 2. The number of alkyl halides is 3. The highest BCUT2D eigenvalue weighted by Gasteiger charge is 2.40. The SMILES string of the molecule is C=C(/C(=C\C)N1C(=O)C=C(C)C1=O)C(F)(F)F. The van der Waals surface area contributed by atoms with Crippen molar-refractivity contribution < 1.29 is 22.8 Å². The predicted octanol–water partition coefficient (Wildman–Crippen LogP) is 2.32. The molecule has 0 fully saturated rings. The number of halogens is 3. The van der Waals surface area contributed by atoms with Crippen LogP contribution in [0.2, 0.25) is 0 Å². The lowest BCUT2D eigenvalue weighted by Gasteiger charge is -2.21. The number of carbonyl (C=O) groups is 2. The maximum atomic E-state index is 12.5. The van der Waals surface area contributed by atoms with Gasteiger partial charge in [-0.2, -0.15) is 13.2 Å². The first-order valence-corrected chi connectivity index (χ1v) is 4.69. The van der Waals surface area contributed by atoms with Gasteiger partial charge in [0, 0.05) is 11.6 Å². The largest absolute Gasteiger partial charge is 0.417 e. The minimum absolute atomic E-state index is 0.101. The average Bonchev–Trinajstić information content (AvgIpc) is 2.44. The van der Waals surface area contributed by atoms with Crippen LogP contribution in [0, 0.1) is 0 Å². The van der Waals surface area contributed by atoms with Crippen molar-refractivity contribution in [2.75, 3.05) is 0 Å². The van der Waals surface area contributed by atoms with Crippen molar-refractivity contribution in [2.24, 2.45) is 0 Å². The zero-order valence-corrected chi connectivity index (χ0v) is 9.26. The van der Waals surface area contributed by atoms with Gasteiger partial charge in [-0.3, -0.25) is 9.59 Å². The van der Waals surface area contributed by atoms with Gasteiger partial charge in [0.1, 0.15) is 0 Å². The summed E-state index contributed by atoms with van der Waals surface area (Å²) in [5.41, 5.74) is -1.64. The molecule has 0 N–H and O–H groups in total. The van der Waals surface area contributed by atoms with E-state index in [1.54, 1.807) is 0 Å². The quantitative estimate of drug-likeness (QED) is 0.553. The molecule has 1 aliphatic heterocycles. The summed E-state index contributed by atoms with van der Waals surface area (Å²) >= 11 is 0. The van der Waals surface area contributed by atoms with E-state index < -0.39 is 29.3 Å². The van der Waals surface area contributed by atoms with Gasteiger partial charge in [-0.15, -0.1) is 0 Å². The molecular weight excluding hydrogens is 235 g/mol. The van der Waals surface area contributed by atoms with Crippen LogP contribution in [0.15, 0.2) is 35.6 Å². The van der Waals surface area contributed by atoms with Crippen LogP contribution in [0.5, 0.6) is 0 Å². The molecule has 1 rings (SSSR count). The van der Waals surface area contributed by atoms with E-state index in [1.165, 1.54) is 13.8 Å². The third-order valence-electron chi connectivity index (χ3n) is 2.27. The van der Waals surface area contributed by atoms with Gasteiger partial charge < -0.3 is 0 Å². The summed E-state index contributed by atoms with van der Waals surface area (Å²) in [7, 11) is 0. The van der Waals surface area contributed by atoms with Crippen molar-refractivity contribution in [2.45, 2.75) is 20.0 Å². The van der Waals surface area contributed by atoms with E-state index >= 15 is 0 Å². The highest BCUT2D eigenvalue weighted by atomic mass is 19.4. The van der Waals surface area contributed by atoms with Crippen molar-refractivity contribution in [1.29, 1.82) is 0 Å². The normalized spacial score (nSPS) is 17.6. The molecule has 3 nitrogen and oxygen atoms in total. The molecule has 0 spiro atoms. The number of rotatable bonds is 2. The van der Waals surface area contributed by atoms with E-state index in [0.29, 0.717) is 4.90 Å². The molecule has 0 saturated carbocycles. The second kappa shape index (κ2) is 4.20. The second-order valence-electron chi connectivity index (χ2n) is 3.46. The second-order valence-corrected chi connectivity index (χ2v) is 3.46. The fourth-order valence-corrected chi connectivity index (χ4v) is 1.40. The summed E-state index contributed by atoms with van der Waals surface area (Å²) in [4.78, 5) is 23.4. The monoisotopic (exact) mass is 245 g/mol. The number of nitrogens with zero attached hydrogens (tertiary/aromatic N) is 1. The van der Waals surface area contributed by atoms with E-state index in [0.717, 1.165) is 12.2 Å². The van der Waals surface area contributed by atoms with Crippen LogP contribution in [0.3, 0.4) is 0 Å². The van der Waals surface area contributed by atoms with E-state index in [9.17, 15) is 22.8 Å². The van der Waals surface area contributed by atoms with Gasteiger partial charge >= 0.3 is 6.18 Å². The Kier molecular flexibility index (Phi) is 3.26. The van der Waals surface area contributed by atoms with E-state index in [-0.39, 0.29) is 5.57 Å². The Morgan fingerprint density at radius 3 is 2.24 bits per heavy atom. The Morgan fingerprint density at radius 1 is 1.41 bits per heavy atom. The molecule has 1 aliphatic rings. The first-order chi connectivity index (χ1) is 7.70. The highest BCUT2D eigenvalue weighted by Crippen LogP contribution is 2.33. The molecular formula is C11H10F3NO2. The smallest absolute Gasteiger partial charge is 0.269 e. The Labute approximate surface area is 95.9 Å². The number of amides is 2.